The van der Waals surface area contributed by atoms with E-state index in [0.29, 0.717) is 5.56 Å². The lowest BCUT2D eigenvalue weighted by molar-refractivity contribution is 0.0695. The summed E-state index contributed by atoms with van der Waals surface area (Å²) in [6, 6.07) is 5.23. The fourth-order valence-corrected chi connectivity index (χ4v) is 1.97. The van der Waals surface area contributed by atoms with Gasteiger partial charge in [-0.25, -0.2) is 4.79 Å². The second-order valence-electron chi connectivity index (χ2n) is 4.53. The lowest BCUT2D eigenvalue weighted by Gasteiger charge is -2.21. The smallest absolute Gasteiger partial charge is 0.425 e. The number of hydrogen-bond donors (Lipinski definition) is 1. The van der Waals surface area contributed by atoms with Crippen molar-refractivity contribution in [2.24, 2.45) is 4.99 Å². The molecule has 1 heterocycles. The van der Waals surface area contributed by atoms with Crippen molar-refractivity contribution < 1.29 is 22.5 Å². The van der Waals surface area contributed by atoms with Gasteiger partial charge in [0.05, 0.1) is 11.3 Å². The lowest BCUT2D eigenvalue weighted by Crippen LogP contribution is -2.25. The number of nitrogens with zero attached hydrogens (tertiary/aromatic N) is 1. The summed E-state index contributed by atoms with van der Waals surface area (Å²) in [5.74, 6) is -0.884. The third kappa shape index (κ3) is 3.05. The van der Waals surface area contributed by atoms with Crippen molar-refractivity contribution in [3.8, 4) is 0 Å². The van der Waals surface area contributed by atoms with E-state index >= 15 is 0 Å². The van der Waals surface area contributed by atoms with Crippen molar-refractivity contribution >= 4 is 28.0 Å². The van der Waals surface area contributed by atoms with Gasteiger partial charge in [0.1, 0.15) is 0 Å². The van der Waals surface area contributed by atoms with E-state index < -0.39 is 16.6 Å². The third-order valence-electron chi connectivity index (χ3n) is 3.09. The minimum atomic E-state index is -3.11. The number of hydrogen-bond acceptors (Lipinski definition) is 5. The van der Waals surface area contributed by atoms with Gasteiger partial charge in [0.2, 0.25) is 0 Å². The predicted octanol–water partition coefficient (Wildman–Crippen LogP) is 1.76. The van der Waals surface area contributed by atoms with Crippen LogP contribution in [0.1, 0.15) is 36.7 Å². The maximum Gasteiger partial charge on any atom is 0.425 e. The molecule has 7 heteroatoms. The van der Waals surface area contributed by atoms with Crippen molar-refractivity contribution in [3.05, 3.63) is 29.3 Å². The first kappa shape index (κ1) is 15.0. The summed E-state index contributed by atoms with van der Waals surface area (Å²) in [5.41, 5.74) is 2.67. The molecule has 102 valence electrons. The molecule has 0 saturated heterocycles. The Morgan fingerprint density at radius 1 is 1.26 bits per heavy atom. The van der Waals surface area contributed by atoms with Crippen LogP contribution in [0.4, 0.5) is 5.69 Å². The highest BCUT2D eigenvalue weighted by Gasteiger charge is 2.35. The topological polar surface area (TPSA) is 101 Å². The Balaban J connectivity index is 0.000000399. The van der Waals surface area contributed by atoms with Gasteiger partial charge in [0.25, 0.3) is 0 Å². The summed E-state index contributed by atoms with van der Waals surface area (Å²) in [7, 11) is -3.11. The number of carboxylic acid groups (broad SMARTS) is 1. The van der Waals surface area contributed by atoms with E-state index in [9.17, 15) is 4.79 Å². The Morgan fingerprint density at radius 3 is 2.26 bits per heavy atom. The molecule has 1 aromatic rings. The fraction of sp³-hybridized carbons (Fsp3) is 0.333. The van der Waals surface area contributed by atoms with Gasteiger partial charge < -0.3 is 5.11 Å². The predicted molar refractivity (Wildman–Crippen MR) is 68.9 cm³/mol. The maximum atomic E-state index is 11.1. The minimum Gasteiger partial charge on any atom is -0.478 e. The number of aliphatic imine (C=N–C) groups is 1. The molecule has 0 fully saturated rings. The molecule has 1 N–H and O–H groups in total. The summed E-state index contributed by atoms with van der Waals surface area (Å²) in [4.78, 5) is 15.5. The summed E-state index contributed by atoms with van der Waals surface area (Å²) in [5, 5.41) is 9.12. The Morgan fingerprint density at radius 2 is 1.79 bits per heavy atom. The number of carbonyl (C=O) groups is 1. The monoisotopic (exact) mass is 283 g/mol. The molecule has 0 spiro atoms. The highest BCUT2D eigenvalue weighted by molar-refractivity contribution is 7.59. The molecule has 0 saturated carbocycles. The second-order valence-corrected chi connectivity index (χ2v) is 4.94. The van der Waals surface area contributed by atoms with E-state index in [4.69, 9.17) is 17.7 Å². The average molecular weight is 283 g/mol. The van der Waals surface area contributed by atoms with Gasteiger partial charge in [0, 0.05) is 16.7 Å². The maximum absolute atomic E-state index is 11.1. The van der Waals surface area contributed by atoms with Crippen molar-refractivity contribution in [1.29, 1.82) is 0 Å². The van der Waals surface area contributed by atoms with Gasteiger partial charge in [0.15, 0.2) is 0 Å². The van der Waals surface area contributed by atoms with Crippen molar-refractivity contribution in [2.45, 2.75) is 26.2 Å². The summed E-state index contributed by atoms with van der Waals surface area (Å²) >= 11 is 0. The first-order valence-electron chi connectivity index (χ1n) is 5.37. The number of rotatable bonds is 1. The van der Waals surface area contributed by atoms with Gasteiger partial charge in [-0.15, -0.1) is 12.6 Å². The van der Waals surface area contributed by atoms with E-state index in [-0.39, 0.29) is 5.41 Å². The molecule has 1 aliphatic heterocycles. The van der Waals surface area contributed by atoms with E-state index in [1.54, 1.807) is 12.1 Å². The summed E-state index contributed by atoms with van der Waals surface area (Å²) in [6.07, 6.45) is 0. The molecule has 0 bridgehead atoms. The van der Waals surface area contributed by atoms with Crippen LogP contribution < -0.4 is 0 Å². The van der Waals surface area contributed by atoms with Crippen LogP contribution in [-0.4, -0.2) is 29.4 Å². The van der Waals surface area contributed by atoms with E-state index in [1.807, 2.05) is 26.8 Å². The zero-order chi connectivity index (χ0) is 14.8. The molecule has 1 aliphatic rings. The quantitative estimate of drug-likeness (QED) is 0.846. The normalized spacial score (nSPS) is 14.8. The van der Waals surface area contributed by atoms with Gasteiger partial charge in [-0.1, -0.05) is 19.9 Å². The lowest BCUT2D eigenvalue weighted by atomic mass is 9.80. The summed E-state index contributed by atoms with van der Waals surface area (Å²) < 4.78 is 25.3. The van der Waals surface area contributed by atoms with Gasteiger partial charge in [-0.3, -0.25) is 4.99 Å². The SMILES string of the molecule is CC1=Nc2cccc(C(=O)O)c2C1(C)C.O=S(=O)=O. The Bertz CT molecular complexity index is 652. The van der Waals surface area contributed by atoms with Crippen molar-refractivity contribution in [2.75, 3.05) is 0 Å². The van der Waals surface area contributed by atoms with Crippen molar-refractivity contribution in [3.63, 3.8) is 0 Å². The fourth-order valence-electron chi connectivity index (χ4n) is 1.97. The zero-order valence-corrected chi connectivity index (χ0v) is 11.5. The van der Waals surface area contributed by atoms with Crippen LogP contribution in [-0.2, 0) is 16.0 Å². The molecule has 2 rings (SSSR count). The van der Waals surface area contributed by atoms with Gasteiger partial charge in [-0.05, 0) is 19.1 Å². The third-order valence-corrected chi connectivity index (χ3v) is 3.09. The average Bonchev–Trinajstić information content (AvgIpc) is 2.49. The highest BCUT2D eigenvalue weighted by Crippen LogP contribution is 2.41. The van der Waals surface area contributed by atoms with E-state index in [1.165, 1.54) is 0 Å². The molecule has 19 heavy (non-hydrogen) atoms. The Hall–Kier alpha value is -2.02. The molecule has 0 amide bonds. The molecule has 6 nitrogen and oxygen atoms in total. The molecule has 0 unspecified atom stereocenters. The van der Waals surface area contributed by atoms with Gasteiger partial charge >= 0.3 is 16.6 Å². The van der Waals surface area contributed by atoms with E-state index in [2.05, 4.69) is 4.99 Å². The number of fused-ring (bicyclic) bond motifs is 1. The number of benzene rings is 1. The van der Waals surface area contributed by atoms with Crippen molar-refractivity contribution in [1.82, 2.24) is 0 Å². The molecule has 0 radical (unpaired) electrons. The number of aromatic carboxylic acids is 1. The van der Waals surface area contributed by atoms with Crippen LogP contribution >= 0.6 is 0 Å². The van der Waals surface area contributed by atoms with Crippen LogP contribution in [0, 0.1) is 0 Å². The molecule has 0 atom stereocenters. The number of carboxylic acids is 1. The first-order chi connectivity index (χ1) is 8.67. The largest absolute Gasteiger partial charge is 0.478 e. The minimum absolute atomic E-state index is 0.273. The zero-order valence-electron chi connectivity index (χ0n) is 10.7. The first-order valence-corrected chi connectivity index (χ1v) is 6.37. The van der Waals surface area contributed by atoms with Crippen LogP contribution in [0.3, 0.4) is 0 Å². The Labute approximate surface area is 111 Å². The molecular weight excluding hydrogens is 270 g/mol. The molecule has 0 aliphatic carbocycles. The van der Waals surface area contributed by atoms with Crippen LogP contribution in [0.25, 0.3) is 0 Å². The van der Waals surface area contributed by atoms with Crippen LogP contribution in [0.2, 0.25) is 0 Å². The molecule has 0 aromatic heterocycles. The molecular formula is C12H13NO5S. The standard InChI is InChI=1S/C12H13NO2.O3S/c1-7-12(2,3)10-8(11(14)15)5-4-6-9(10)13-7;1-4(2)3/h4-6H,1-3H3,(H,14,15);. The second kappa shape index (κ2) is 5.31. The molecule has 1 aromatic carbocycles. The van der Waals surface area contributed by atoms with E-state index in [0.717, 1.165) is 17.0 Å². The Kier molecular flexibility index (Phi) is 4.21. The van der Waals surface area contributed by atoms with Crippen LogP contribution in [0.15, 0.2) is 23.2 Å². The van der Waals surface area contributed by atoms with Crippen LogP contribution in [0.5, 0.6) is 0 Å². The summed E-state index contributed by atoms with van der Waals surface area (Å²) in [6.45, 7) is 5.94. The highest BCUT2D eigenvalue weighted by atomic mass is 32.2. The van der Waals surface area contributed by atoms with Gasteiger partial charge in [-0.2, -0.15) is 0 Å².